The van der Waals surface area contributed by atoms with E-state index in [1.54, 1.807) is 0 Å². The lowest BCUT2D eigenvalue weighted by Gasteiger charge is -2.33. The van der Waals surface area contributed by atoms with E-state index in [0.717, 1.165) is 12.6 Å². The second-order valence-electron chi connectivity index (χ2n) is 6.25. The molecular weight excluding hydrogens is 312 g/mol. The van der Waals surface area contributed by atoms with Gasteiger partial charge in [0, 0.05) is 23.6 Å². The minimum Gasteiger partial charge on any atom is -0.302 e. The van der Waals surface area contributed by atoms with Crippen LogP contribution < -0.4 is 0 Å². The second-order valence-corrected chi connectivity index (χ2v) is 7.17. The Morgan fingerprint density at radius 1 is 0.950 bits per heavy atom. The molecule has 0 aromatic heterocycles. The average Bonchev–Trinajstić information content (AvgIpc) is 2.90. The molecule has 2 aliphatic rings. The normalized spacial score (nSPS) is 25.1. The van der Waals surface area contributed by atoms with Crippen LogP contribution in [0.4, 0.5) is 0 Å². The molecule has 3 heteroatoms. The van der Waals surface area contributed by atoms with E-state index in [4.69, 9.17) is 0 Å². The Hall–Kier alpha value is -0.380. The molecule has 0 bridgehead atoms. The van der Waals surface area contributed by atoms with Gasteiger partial charge in [0.15, 0.2) is 0 Å². The van der Waals surface area contributed by atoms with E-state index in [0.29, 0.717) is 0 Å². The van der Waals surface area contributed by atoms with Crippen LogP contribution in [0.2, 0.25) is 0 Å². The number of rotatable bonds is 4. The summed E-state index contributed by atoms with van der Waals surface area (Å²) in [5.74, 6) is 0. The molecule has 2 saturated heterocycles. The molecule has 1 aromatic rings. The second kappa shape index (κ2) is 7.06. The lowest BCUT2D eigenvalue weighted by molar-refractivity contribution is 0.149. The van der Waals surface area contributed by atoms with Gasteiger partial charge in [0.2, 0.25) is 0 Å². The van der Waals surface area contributed by atoms with Crippen LogP contribution in [0.25, 0.3) is 0 Å². The predicted octanol–water partition coefficient (Wildman–Crippen LogP) is 3.90. The van der Waals surface area contributed by atoms with E-state index in [9.17, 15) is 0 Å². The standard InChI is InChI=1S/C17H25BrN2/c18-16-8-6-15(7-9-16)13-20-12-4-5-17(20)14-19-10-2-1-3-11-19/h6-9,17H,1-5,10-14H2. The van der Waals surface area contributed by atoms with Crippen LogP contribution in [0.1, 0.15) is 37.7 Å². The third-order valence-electron chi connectivity index (χ3n) is 4.72. The zero-order valence-corrected chi connectivity index (χ0v) is 13.8. The van der Waals surface area contributed by atoms with Crippen LogP contribution in [-0.2, 0) is 6.54 Å². The molecule has 2 heterocycles. The van der Waals surface area contributed by atoms with Crippen LogP contribution in [0.5, 0.6) is 0 Å². The topological polar surface area (TPSA) is 6.48 Å². The molecule has 2 nitrogen and oxygen atoms in total. The fraction of sp³-hybridized carbons (Fsp3) is 0.647. The van der Waals surface area contributed by atoms with Crippen molar-refractivity contribution in [3.05, 3.63) is 34.3 Å². The summed E-state index contributed by atoms with van der Waals surface area (Å²) in [6.45, 7) is 6.32. The highest BCUT2D eigenvalue weighted by Crippen LogP contribution is 2.23. The molecule has 0 saturated carbocycles. The summed E-state index contributed by atoms with van der Waals surface area (Å²) in [5, 5.41) is 0. The molecule has 2 aliphatic heterocycles. The zero-order valence-electron chi connectivity index (χ0n) is 12.2. The van der Waals surface area contributed by atoms with E-state index in [1.165, 1.54) is 68.3 Å². The minimum absolute atomic E-state index is 0.775. The third-order valence-corrected chi connectivity index (χ3v) is 5.24. The summed E-state index contributed by atoms with van der Waals surface area (Å²) in [6.07, 6.45) is 6.99. The van der Waals surface area contributed by atoms with E-state index in [1.807, 2.05) is 0 Å². The Morgan fingerprint density at radius 3 is 2.45 bits per heavy atom. The van der Waals surface area contributed by atoms with Crippen LogP contribution in [0.15, 0.2) is 28.7 Å². The van der Waals surface area contributed by atoms with Crippen molar-refractivity contribution in [2.45, 2.75) is 44.7 Å². The first-order valence-corrected chi connectivity index (χ1v) is 8.81. The molecular formula is C17H25BrN2. The van der Waals surface area contributed by atoms with E-state index in [-0.39, 0.29) is 0 Å². The first-order valence-electron chi connectivity index (χ1n) is 8.02. The number of halogens is 1. The van der Waals surface area contributed by atoms with Crippen LogP contribution in [0, 0.1) is 0 Å². The maximum Gasteiger partial charge on any atom is 0.0237 e. The van der Waals surface area contributed by atoms with Gasteiger partial charge in [-0.05, 0) is 63.0 Å². The molecule has 0 N–H and O–H groups in total. The number of benzene rings is 1. The molecule has 3 rings (SSSR count). The van der Waals surface area contributed by atoms with Crippen molar-refractivity contribution >= 4 is 15.9 Å². The van der Waals surface area contributed by atoms with Crippen molar-refractivity contribution in [3.63, 3.8) is 0 Å². The number of hydrogen-bond donors (Lipinski definition) is 0. The van der Waals surface area contributed by atoms with Crippen molar-refractivity contribution in [1.82, 2.24) is 9.80 Å². The van der Waals surface area contributed by atoms with Gasteiger partial charge in [-0.25, -0.2) is 0 Å². The maximum absolute atomic E-state index is 3.52. The van der Waals surface area contributed by atoms with Crippen molar-refractivity contribution in [2.24, 2.45) is 0 Å². The van der Waals surface area contributed by atoms with Gasteiger partial charge < -0.3 is 4.90 Å². The average molecular weight is 337 g/mol. The molecule has 0 spiro atoms. The van der Waals surface area contributed by atoms with Crippen molar-refractivity contribution in [1.29, 1.82) is 0 Å². The van der Waals surface area contributed by atoms with Gasteiger partial charge in [-0.1, -0.05) is 34.5 Å². The van der Waals surface area contributed by atoms with Crippen LogP contribution in [-0.4, -0.2) is 42.0 Å². The summed E-state index contributed by atoms with van der Waals surface area (Å²) in [5.41, 5.74) is 1.44. The number of nitrogens with zero attached hydrogens (tertiary/aromatic N) is 2. The molecule has 2 fully saturated rings. The Morgan fingerprint density at radius 2 is 1.70 bits per heavy atom. The molecule has 1 atom stereocenters. The zero-order chi connectivity index (χ0) is 13.8. The van der Waals surface area contributed by atoms with Gasteiger partial charge in [0.25, 0.3) is 0 Å². The van der Waals surface area contributed by atoms with Crippen molar-refractivity contribution in [2.75, 3.05) is 26.2 Å². The molecule has 20 heavy (non-hydrogen) atoms. The largest absolute Gasteiger partial charge is 0.302 e. The highest BCUT2D eigenvalue weighted by Gasteiger charge is 2.26. The molecule has 1 unspecified atom stereocenters. The van der Waals surface area contributed by atoms with E-state index >= 15 is 0 Å². The fourth-order valence-electron chi connectivity index (χ4n) is 3.57. The molecule has 0 amide bonds. The first kappa shape index (κ1) is 14.6. The van der Waals surface area contributed by atoms with Gasteiger partial charge >= 0.3 is 0 Å². The van der Waals surface area contributed by atoms with Crippen molar-refractivity contribution < 1.29 is 0 Å². The highest BCUT2D eigenvalue weighted by molar-refractivity contribution is 9.10. The Kier molecular flexibility index (Phi) is 5.14. The summed E-state index contributed by atoms with van der Waals surface area (Å²) < 4.78 is 1.17. The third kappa shape index (κ3) is 3.84. The molecule has 1 aromatic carbocycles. The quantitative estimate of drug-likeness (QED) is 0.822. The van der Waals surface area contributed by atoms with Gasteiger partial charge in [-0.3, -0.25) is 4.90 Å². The number of likely N-dealkylation sites (tertiary alicyclic amines) is 2. The number of piperidine rings is 1. The maximum atomic E-state index is 3.52. The smallest absolute Gasteiger partial charge is 0.0237 e. The van der Waals surface area contributed by atoms with Gasteiger partial charge in [-0.15, -0.1) is 0 Å². The van der Waals surface area contributed by atoms with E-state index < -0.39 is 0 Å². The van der Waals surface area contributed by atoms with Crippen LogP contribution >= 0.6 is 15.9 Å². The lowest BCUT2D eigenvalue weighted by atomic mass is 10.1. The molecule has 110 valence electrons. The summed E-state index contributed by atoms with van der Waals surface area (Å²) in [6, 6.07) is 9.59. The first-order chi connectivity index (χ1) is 9.81. The summed E-state index contributed by atoms with van der Waals surface area (Å²) >= 11 is 3.52. The minimum atomic E-state index is 0.775. The van der Waals surface area contributed by atoms with Crippen LogP contribution in [0.3, 0.4) is 0 Å². The summed E-state index contributed by atoms with van der Waals surface area (Å²) in [7, 11) is 0. The number of hydrogen-bond acceptors (Lipinski definition) is 2. The summed E-state index contributed by atoms with van der Waals surface area (Å²) in [4.78, 5) is 5.38. The molecule has 0 radical (unpaired) electrons. The van der Waals surface area contributed by atoms with Gasteiger partial charge in [0.1, 0.15) is 0 Å². The fourth-order valence-corrected chi connectivity index (χ4v) is 3.84. The van der Waals surface area contributed by atoms with Gasteiger partial charge in [-0.2, -0.15) is 0 Å². The highest BCUT2D eigenvalue weighted by atomic mass is 79.9. The van der Waals surface area contributed by atoms with Crippen molar-refractivity contribution in [3.8, 4) is 0 Å². The predicted molar refractivity (Wildman–Crippen MR) is 87.9 cm³/mol. The SMILES string of the molecule is Brc1ccc(CN2CCCC2CN2CCCCC2)cc1. The Bertz CT molecular complexity index is 412. The lowest BCUT2D eigenvalue weighted by Crippen LogP contribution is -2.42. The van der Waals surface area contributed by atoms with Gasteiger partial charge in [0.05, 0.1) is 0 Å². The Balaban J connectivity index is 1.56. The van der Waals surface area contributed by atoms with E-state index in [2.05, 4.69) is 50.0 Å². The Labute approximate surface area is 131 Å². The molecule has 0 aliphatic carbocycles. The monoisotopic (exact) mass is 336 g/mol.